The molecule has 0 bridgehead atoms. The lowest BCUT2D eigenvalue weighted by atomic mass is 10.1. The molecule has 0 aromatic carbocycles. The molecule has 0 heterocycles. The van der Waals surface area contributed by atoms with Crippen LogP contribution in [-0.2, 0) is 27.9 Å². The molecule has 9 heteroatoms. The molecule has 1 N–H and O–H groups in total. The van der Waals surface area contributed by atoms with E-state index in [0.717, 1.165) is 64.2 Å². The zero-order valence-corrected chi connectivity index (χ0v) is 37.0. The summed E-state index contributed by atoms with van der Waals surface area (Å²) in [5.74, 6) is -0.345. The topological polar surface area (TPSA) is 91.3 Å². The van der Waals surface area contributed by atoms with Gasteiger partial charge in [0.1, 0.15) is 19.3 Å². The first-order chi connectivity index (χ1) is 26.6. The van der Waals surface area contributed by atoms with Crippen molar-refractivity contribution in [3.63, 3.8) is 0 Å². The van der Waals surface area contributed by atoms with Crippen LogP contribution >= 0.6 is 7.82 Å². The van der Waals surface area contributed by atoms with Gasteiger partial charge >= 0.3 is 13.8 Å². The molecule has 0 aliphatic carbocycles. The van der Waals surface area contributed by atoms with E-state index in [1.54, 1.807) is 0 Å². The van der Waals surface area contributed by atoms with Crippen molar-refractivity contribution in [2.24, 2.45) is 0 Å². The van der Waals surface area contributed by atoms with Gasteiger partial charge in [0.25, 0.3) is 0 Å². The van der Waals surface area contributed by atoms with E-state index in [0.29, 0.717) is 24.1 Å². The quantitative estimate of drug-likeness (QED) is 0.0217. The number of likely N-dealkylation sites (N-methyl/N-ethyl adjacent to an activating group) is 1. The molecule has 0 fully saturated rings. The molecule has 0 spiro atoms. The van der Waals surface area contributed by atoms with Gasteiger partial charge in [-0.2, -0.15) is 0 Å². The van der Waals surface area contributed by atoms with Crippen LogP contribution in [0.15, 0.2) is 60.8 Å². The van der Waals surface area contributed by atoms with E-state index in [4.69, 9.17) is 18.5 Å². The van der Waals surface area contributed by atoms with Crippen LogP contribution in [-0.4, -0.2) is 75.6 Å². The van der Waals surface area contributed by atoms with E-state index >= 15 is 0 Å². The second kappa shape index (κ2) is 39.0. The number of ether oxygens (including phenoxy) is 2. The summed E-state index contributed by atoms with van der Waals surface area (Å²) >= 11 is 0. The SMILES string of the molecule is CC/C=C\C/C=C\C/C=C\CCCCCC(=O)OC(COCCCCCCCCCCCC/C=C\C/C=C\CCCCC)COP(=O)(O)OCC[N+](C)(C)C. The van der Waals surface area contributed by atoms with Crippen molar-refractivity contribution in [3.8, 4) is 0 Å². The number of hydrogen-bond donors (Lipinski definition) is 1. The van der Waals surface area contributed by atoms with Crippen molar-refractivity contribution in [1.82, 2.24) is 0 Å². The smallest absolute Gasteiger partial charge is 0.457 e. The second-order valence-electron chi connectivity index (χ2n) is 15.7. The lowest BCUT2D eigenvalue weighted by molar-refractivity contribution is -0.870. The van der Waals surface area contributed by atoms with Crippen LogP contribution in [0.4, 0.5) is 0 Å². The minimum absolute atomic E-state index is 0.0797. The maximum atomic E-state index is 12.7. The maximum Gasteiger partial charge on any atom is 0.472 e. The summed E-state index contributed by atoms with van der Waals surface area (Å²) in [5.41, 5.74) is 0. The van der Waals surface area contributed by atoms with E-state index < -0.39 is 13.9 Å². The Labute approximate surface area is 339 Å². The number of carbonyl (C=O) groups is 1. The number of unbranched alkanes of at least 4 members (excludes halogenated alkanes) is 16. The zero-order chi connectivity index (χ0) is 40.6. The fourth-order valence-electron chi connectivity index (χ4n) is 5.65. The predicted octanol–water partition coefficient (Wildman–Crippen LogP) is 12.9. The Bertz CT molecular complexity index is 1060. The third-order valence-electron chi connectivity index (χ3n) is 9.06. The van der Waals surface area contributed by atoms with Gasteiger partial charge in [0.2, 0.25) is 0 Å². The number of quaternary nitrogens is 1. The molecule has 0 amide bonds. The number of hydrogen-bond acceptors (Lipinski definition) is 6. The molecule has 0 saturated heterocycles. The minimum Gasteiger partial charge on any atom is -0.457 e. The van der Waals surface area contributed by atoms with Crippen LogP contribution in [0.1, 0.15) is 168 Å². The molecule has 0 aromatic heterocycles. The maximum absolute atomic E-state index is 12.7. The predicted molar refractivity (Wildman–Crippen MR) is 233 cm³/mol. The van der Waals surface area contributed by atoms with Crippen molar-refractivity contribution >= 4 is 13.8 Å². The van der Waals surface area contributed by atoms with E-state index in [1.165, 1.54) is 83.5 Å². The summed E-state index contributed by atoms with van der Waals surface area (Å²) < 4.78 is 34.9. The van der Waals surface area contributed by atoms with Gasteiger partial charge in [0.05, 0.1) is 34.4 Å². The number of rotatable bonds is 40. The highest BCUT2D eigenvalue weighted by Gasteiger charge is 2.26. The summed E-state index contributed by atoms with van der Waals surface area (Å²) in [6.07, 6.45) is 48.3. The molecule has 0 radical (unpaired) electrons. The summed E-state index contributed by atoms with van der Waals surface area (Å²) in [4.78, 5) is 22.8. The molecule has 0 rings (SSSR count). The molecular formula is C46H85NO7P+. The molecule has 0 aliphatic rings. The fourth-order valence-corrected chi connectivity index (χ4v) is 6.40. The van der Waals surface area contributed by atoms with E-state index in [-0.39, 0.29) is 25.8 Å². The van der Waals surface area contributed by atoms with Crippen LogP contribution in [0, 0.1) is 0 Å². The van der Waals surface area contributed by atoms with Gasteiger partial charge in [-0.3, -0.25) is 13.8 Å². The third kappa shape index (κ3) is 43.2. The van der Waals surface area contributed by atoms with Gasteiger partial charge in [0, 0.05) is 13.0 Å². The number of carbonyl (C=O) groups excluding carboxylic acids is 1. The van der Waals surface area contributed by atoms with E-state index in [9.17, 15) is 14.3 Å². The Hall–Kier alpha value is -1.80. The van der Waals surface area contributed by atoms with Crippen LogP contribution in [0.5, 0.6) is 0 Å². The first-order valence-electron chi connectivity index (χ1n) is 22.0. The van der Waals surface area contributed by atoms with Crippen LogP contribution in [0.3, 0.4) is 0 Å². The van der Waals surface area contributed by atoms with Crippen molar-refractivity contribution < 1.29 is 37.3 Å². The Balaban J connectivity index is 4.23. The molecule has 0 aliphatic heterocycles. The fraction of sp³-hybridized carbons (Fsp3) is 0.761. The van der Waals surface area contributed by atoms with Crippen LogP contribution < -0.4 is 0 Å². The third-order valence-corrected chi connectivity index (χ3v) is 10.0. The molecule has 2 unspecified atom stereocenters. The van der Waals surface area contributed by atoms with E-state index in [1.807, 2.05) is 21.1 Å². The van der Waals surface area contributed by atoms with Crippen LogP contribution in [0.2, 0.25) is 0 Å². The largest absolute Gasteiger partial charge is 0.472 e. The average molecular weight is 795 g/mol. The number of phosphoric ester groups is 1. The van der Waals surface area contributed by atoms with Gasteiger partial charge < -0.3 is 18.9 Å². The molecule has 0 aromatic rings. The van der Waals surface area contributed by atoms with Gasteiger partial charge in [-0.1, -0.05) is 145 Å². The number of phosphoric acid groups is 1. The normalized spacial score (nSPS) is 14.4. The first kappa shape index (κ1) is 53.2. The average Bonchev–Trinajstić information content (AvgIpc) is 3.13. The van der Waals surface area contributed by atoms with E-state index in [2.05, 4.69) is 74.6 Å². The Morgan fingerprint density at radius 1 is 0.582 bits per heavy atom. The second-order valence-corrected chi connectivity index (χ2v) is 17.1. The van der Waals surface area contributed by atoms with Crippen molar-refractivity contribution in [3.05, 3.63) is 60.8 Å². The molecular weight excluding hydrogens is 709 g/mol. The minimum atomic E-state index is -4.28. The summed E-state index contributed by atoms with van der Waals surface area (Å²) in [6.45, 7) is 5.42. The molecule has 0 saturated carbocycles. The van der Waals surface area contributed by atoms with Crippen LogP contribution in [0.25, 0.3) is 0 Å². The van der Waals surface area contributed by atoms with Gasteiger partial charge in [-0.05, 0) is 77.0 Å². The van der Waals surface area contributed by atoms with Crippen molar-refractivity contribution in [2.45, 2.75) is 174 Å². The number of esters is 1. The highest BCUT2D eigenvalue weighted by Crippen LogP contribution is 2.43. The molecule has 8 nitrogen and oxygen atoms in total. The highest BCUT2D eigenvalue weighted by molar-refractivity contribution is 7.47. The monoisotopic (exact) mass is 795 g/mol. The Morgan fingerprint density at radius 2 is 1.05 bits per heavy atom. The lowest BCUT2D eigenvalue weighted by Gasteiger charge is -2.24. The van der Waals surface area contributed by atoms with Crippen molar-refractivity contribution in [2.75, 3.05) is 54.1 Å². The standard InChI is InChI=1S/C46H84NO7P/c1-6-8-10-12-14-16-18-20-21-22-23-24-25-26-28-30-32-34-36-38-41-51-43-45(44-53-55(49,50)52-42-40-47(3,4)5)54-46(48)39-37-35-33-31-29-27-19-17-15-13-11-9-7-2/h9,11,14-17,20-21,27,29,45H,6-8,10,12-13,18-19,22-26,28,30-44H2,1-5H3/p+1/b11-9-,16-14-,17-15-,21-20-,29-27-. The molecule has 2 atom stereocenters. The molecule has 55 heavy (non-hydrogen) atoms. The van der Waals surface area contributed by atoms with Gasteiger partial charge in [0.15, 0.2) is 0 Å². The highest BCUT2D eigenvalue weighted by atomic mass is 31.2. The summed E-state index contributed by atoms with van der Waals surface area (Å²) in [6, 6.07) is 0. The first-order valence-corrected chi connectivity index (χ1v) is 23.5. The number of nitrogens with zero attached hydrogens (tertiary/aromatic N) is 1. The summed E-state index contributed by atoms with van der Waals surface area (Å²) in [5, 5.41) is 0. The summed E-state index contributed by atoms with van der Waals surface area (Å²) in [7, 11) is 1.64. The number of allylic oxidation sites excluding steroid dienone is 10. The Morgan fingerprint density at radius 3 is 1.58 bits per heavy atom. The van der Waals surface area contributed by atoms with Crippen molar-refractivity contribution in [1.29, 1.82) is 0 Å². The molecule has 320 valence electrons. The van der Waals surface area contributed by atoms with Gasteiger partial charge in [-0.25, -0.2) is 4.57 Å². The zero-order valence-electron chi connectivity index (χ0n) is 36.1. The Kier molecular flexibility index (Phi) is 37.8. The van der Waals surface area contributed by atoms with Gasteiger partial charge in [-0.15, -0.1) is 0 Å². The lowest BCUT2D eigenvalue weighted by Crippen LogP contribution is -2.37.